The van der Waals surface area contributed by atoms with Crippen molar-refractivity contribution in [1.29, 1.82) is 0 Å². The molecule has 0 aliphatic carbocycles. The van der Waals surface area contributed by atoms with Gasteiger partial charge in [-0.25, -0.2) is 4.79 Å². The Morgan fingerprint density at radius 3 is 2.48 bits per heavy atom. The lowest BCUT2D eigenvalue weighted by Gasteiger charge is -2.13. The highest BCUT2D eigenvalue weighted by Crippen LogP contribution is 2.31. The van der Waals surface area contributed by atoms with E-state index >= 15 is 0 Å². The number of ether oxygens (including phenoxy) is 2. The van der Waals surface area contributed by atoms with Gasteiger partial charge in [-0.3, -0.25) is 0 Å². The van der Waals surface area contributed by atoms with Gasteiger partial charge in [0.25, 0.3) is 0 Å². The molecule has 0 radical (unpaired) electrons. The molecular weight excluding hydrogens is 339 g/mol. The fraction of sp³-hybridized carbons (Fsp3) is 0.118. The summed E-state index contributed by atoms with van der Waals surface area (Å²) in [5.41, 5.74) is 1.38. The lowest BCUT2D eigenvalue weighted by Crippen LogP contribution is -1.99. The van der Waals surface area contributed by atoms with Crippen LogP contribution in [0.3, 0.4) is 0 Å². The van der Waals surface area contributed by atoms with Crippen LogP contribution in [0.1, 0.15) is 11.1 Å². The van der Waals surface area contributed by atoms with Crippen LogP contribution in [0.4, 0.5) is 0 Å². The summed E-state index contributed by atoms with van der Waals surface area (Å²) >= 11 is 12.2. The van der Waals surface area contributed by atoms with Gasteiger partial charge in [0.15, 0.2) is 11.5 Å². The van der Waals surface area contributed by atoms with Gasteiger partial charge in [0.2, 0.25) is 0 Å². The molecule has 23 heavy (non-hydrogen) atoms. The molecule has 6 heteroatoms. The van der Waals surface area contributed by atoms with Crippen molar-refractivity contribution in [2.24, 2.45) is 0 Å². The van der Waals surface area contributed by atoms with Crippen molar-refractivity contribution in [2.45, 2.75) is 6.61 Å². The van der Waals surface area contributed by atoms with Gasteiger partial charge in [0.05, 0.1) is 7.11 Å². The third-order valence-electron chi connectivity index (χ3n) is 3.04. The van der Waals surface area contributed by atoms with Crippen molar-refractivity contribution in [2.75, 3.05) is 7.11 Å². The highest BCUT2D eigenvalue weighted by molar-refractivity contribution is 6.35. The second-order valence-corrected chi connectivity index (χ2v) is 5.39. The summed E-state index contributed by atoms with van der Waals surface area (Å²) in [5, 5.41) is 9.70. The fourth-order valence-electron chi connectivity index (χ4n) is 1.89. The van der Waals surface area contributed by atoms with Crippen molar-refractivity contribution in [3.63, 3.8) is 0 Å². The van der Waals surface area contributed by atoms with Gasteiger partial charge < -0.3 is 14.6 Å². The van der Waals surface area contributed by atoms with Crippen LogP contribution in [-0.4, -0.2) is 18.2 Å². The minimum Gasteiger partial charge on any atom is -0.493 e. The number of carboxylic acids is 1. The van der Waals surface area contributed by atoms with E-state index in [1.54, 1.807) is 36.4 Å². The average Bonchev–Trinajstić information content (AvgIpc) is 2.53. The van der Waals surface area contributed by atoms with Crippen molar-refractivity contribution < 1.29 is 19.4 Å². The van der Waals surface area contributed by atoms with Gasteiger partial charge in [-0.1, -0.05) is 35.3 Å². The summed E-state index contributed by atoms with van der Waals surface area (Å²) in [6.07, 6.45) is 2.53. The Balaban J connectivity index is 2.18. The molecule has 2 aromatic carbocycles. The Labute approximate surface area is 143 Å². The number of methoxy groups -OCH3 is 1. The Morgan fingerprint density at radius 2 is 1.87 bits per heavy atom. The summed E-state index contributed by atoms with van der Waals surface area (Å²) < 4.78 is 11.0. The van der Waals surface area contributed by atoms with Crippen LogP contribution >= 0.6 is 23.2 Å². The number of carboxylic acid groups (broad SMARTS) is 1. The third kappa shape index (κ3) is 4.65. The van der Waals surface area contributed by atoms with Crippen molar-refractivity contribution in [3.8, 4) is 11.5 Å². The summed E-state index contributed by atoms with van der Waals surface area (Å²) in [6.45, 7) is 0.194. The molecule has 120 valence electrons. The molecule has 0 amide bonds. The van der Waals surface area contributed by atoms with E-state index in [1.807, 2.05) is 0 Å². The number of hydrogen-bond donors (Lipinski definition) is 1. The van der Waals surface area contributed by atoms with Gasteiger partial charge in [0.1, 0.15) is 6.61 Å². The van der Waals surface area contributed by atoms with E-state index in [9.17, 15) is 4.79 Å². The zero-order chi connectivity index (χ0) is 16.8. The number of rotatable bonds is 6. The first-order valence-corrected chi connectivity index (χ1v) is 7.41. The number of carbonyl (C=O) groups is 1. The Kier molecular flexibility index (Phi) is 5.90. The van der Waals surface area contributed by atoms with E-state index < -0.39 is 5.97 Å². The first kappa shape index (κ1) is 17.2. The molecular formula is C17H14Cl2O4. The zero-order valence-electron chi connectivity index (χ0n) is 12.3. The Morgan fingerprint density at radius 1 is 1.17 bits per heavy atom. The second-order valence-electron chi connectivity index (χ2n) is 4.57. The lowest BCUT2D eigenvalue weighted by atomic mass is 10.2. The second kappa shape index (κ2) is 7.90. The maximum absolute atomic E-state index is 10.5. The van der Waals surface area contributed by atoms with E-state index in [2.05, 4.69) is 0 Å². The summed E-state index contributed by atoms with van der Waals surface area (Å²) in [7, 11) is 1.51. The van der Waals surface area contributed by atoms with Gasteiger partial charge in [-0.15, -0.1) is 0 Å². The summed E-state index contributed by atoms with van der Waals surface area (Å²) in [5.74, 6) is -0.0191. The molecule has 0 aromatic heterocycles. The van der Waals surface area contributed by atoms with Gasteiger partial charge >= 0.3 is 5.97 Å². The third-order valence-corrected chi connectivity index (χ3v) is 3.75. The SMILES string of the molecule is COc1cc(/C=C\C(=O)O)ccc1OCc1c(Cl)cccc1Cl. The molecule has 0 bridgehead atoms. The van der Waals surface area contributed by atoms with Crippen molar-refractivity contribution in [1.82, 2.24) is 0 Å². The first-order valence-electron chi connectivity index (χ1n) is 6.66. The maximum Gasteiger partial charge on any atom is 0.328 e. The minimum absolute atomic E-state index is 0.194. The Hall–Kier alpha value is -2.17. The largest absolute Gasteiger partial charge is 0.493 e. The highest BCUT2D eigenvalue weighted by Gasteiger charge is 2.09. The lowest BCUT2D eigenvalue weighted by molar-refractivity contribution is -0.131. The molecule has 0 spiro atoms. The van der Waals surface area contributed by atoms with Crippen molar-refractivity contribution >= 4 is 35.2 Å². The van der Waals surface area contributed by atoms with Crippen LogP contribution in [0, 0.1) is 0 Å². The van der Waals surface area contributed by atoms with E-state index in [0.29, 0.717) is 32.7 Å². The zero-order valence-corrected chi connectivity index (χ0v) is 13.8. The van der Waals surface area contributed by atoms with Gasteiger partial charge in [-0.05, 0) is 35.9 Å². The molecule has 0 saturated heterocycles. The normalized spacial score (nSPS) is 10.7. The summed E-state index contributed by atoms with van der Waals surface area (Å²) in [4.78, 5) is 10.5. The van der Waals surface area contributed by atoms with Crippen LogP contribution < -0.4 is 9.47 Å². The van der Waals surface area contributed by atoms with Crippen molar-refractivity contribution in [3.05, 3.63) is 63.6 Å². The first-order chi connectivity index (χ1) is 11.0. The molecule has 0 unspecified atom stereocenters. The minimum atomic E-state index is -1.02. The van der Waals surface area contributed by atoms with Crippen LogP contribution in [0.25, 0.3) is 6.08 Å². The highest BCUT2D eigenvalue weighted by atomic mass is 35.5. The standard InChI is InChI=1S/C17H14Cl2O4/c1-22-16-9-11(6-8-17(20)21)5-7-15(16)23-10-12-13(18)3-2-4-14(12)19/h2-9H,10H2,1H3,(H,20,21)/b8-6-. The molecule has 4 nitrogen and oxygen atoms in total. The molecule has 0 fully saturated rings. The van der Waals surface area contributed by atoms with Crippen LogP contribution in [0.15, 0.2) is 42.5 Å². The molecule has 0 atom stereocenters. The van der Waals surface area contributed by atoms with E-state index in [1.165, 1.54) is 13.2 Å². The number of hydrogen-bond acceptors (Lipinski definition) is 3. The van der Waals surface area contributed by atoms with Crippen LogP contribution in [0.2, 0.25) is 10.0 Å². The molecule has 1 N–H and O–H groups in total. The Bertz CT molecular complexity index is 721. The van der Waals surface area contributed by atoms with E-state index in [-0.39, 0.29) is 6.61 Å². The monoisotopic (exact) mass is 352 g/mol. The predicted molar refractivity (Wildman–Crippen MR) is 90.5 cm³/mol. The molecule has 2 rings (SSSR count). The maximum atomic E-state index is 10.5. The molecule has 0 aliphatic heterocycles. The molecule has 0 heterocycles. The molecule has 0 saturated carbocycles. The van der Waals surface area contributed by atoms with Gasteiger partial charge in [0, 0.05) is 21.7 Å². The molecule has 0 aliphatic rings. The number of benzene rings is 2. The summed E-state index contributed by atoms with van der Waals surface area (Å²) in [6, 6.07) is 10.4. The predicted octanol–water partition coefficient (Wildman–Crippen LogP) is 4.68. The fourth-order valence-corrected chi connectivity index (χ4v) is 2.40. The van der Waals surface area contributed by atoms with Crippen LogP contribution in [0.5, 0.6) is 11.5 Å². The molecule has 2 aromatic rings. The van der Waals surface area contributed by atoms with Gasteiger partial charge in [-0.2, -0.15) is 0 Å². The quantitative estimate of drug-likeness (QED) is 0.767. The topological polar surface area (TPSA) is 55.8 Å². The van der Waals surface area contributed by atoms with E-state index in [0.717, 1.165) is 6.08 Å². The number of aliphatic carboxylic acids is 1. The van der Waals surface area contributed by atoms with Crippen LogP contribution in [-0.2, 0) is 11.4 Å². The number of halogens is 2. The van der Waals surface area contributed by atoms with E-state index in [4.69, 9.17) is 37.8 Å². The smallest absolute Gasteiger partial charge is 0.328 e. The average molecular weight is 353 g/mol.